The quantitative estimate of drug-likeness (QED) is 0.145. The molecular formula is C44H32N2O2. The predicted octanol–water partition coefficient (Wildman–Crippen LogP) is 12.4. The van der Waals surface area contributed by atoms with Gasteiger partial charge in [-0.15, -0.1) is 0 Å². The number of para-hydroxylation sites is 3. The van der Waals surface area contributed by atoms with Crippen LogP contribution in [0.2, 0.25) is 0 Å². The molecular weight excluding hydrogens is 588 g/mol. The van der Waals surface area contributed by atoms with Crippen molar-refractivity contribution in [1.82, 2.24) is 4.98 Å². The van der Waals surface area contributed by atoms with Gasteiger partial charge < -0.3 is 8.83 Å². The van der Waals surface area contributed by atoms with Crippen molar-refractivity contribution in [2.24, 2.45) is 4.99 Å². The second-order valence-electron chi connectivity index (χ2n) is 13.4. The summed E-state index contributed by atoms with van der Waals surface area (Å²) in [6.45, 7) is 6.66. The molecule has 0 radical (unpaired) electrons. The maximum absolute atomic E-state index is 6.63. The predicted molar refractivity (Wildman–Crippen MR) is 200 cm³/mol. The normalized spacial score (nSPS) is 12.4. The zero-order valence-electron chi connectivity index (χ0n) is 27.0. The monoisotopic (exact) mass is 620 g/mol. The highest BCUT2D eigenvalue weighted by molar-refractivity contribution is 6.15. The topological polar surface area (TPSA) is 51.5 Å². The van der Waals surface area contributed by atoms with Crippen LogP contribution in [0.25, 0.3) is 77.2 Å². The van der Waals surface area contributed by atoms with Gasteiger partial charge in [0.15, 0.2) is 5.58 Å². The maximum Gasteiger partial charge on any atom is 0.229 e. The molecule has 9 rings (SSSR count). The Kier molecular flexibility index (Phi) is 6.34. The van der Waals surface area contributed by atoms with E-state index in [1.807, 2.05) is 42.6 Å². The minimum atomic E-state index is -0.109. The van der Waals surface area contributed by atoms with E-state index in [0.29, 0.717) is 5.89 Å². The lowest BCUT2D eigenvalue weighted by Crippen LogP contribution is -2.11. The highest BCUT2D eigenvalue weighted by Gasteiger charge is 2.23. The average Bonchev–Trinajstić information content (AvgIpc) is 3.72. The molecule has 230 valence electrons. The molecule has 0 aliphatic carbocycles. The molecule has 4 heteroatoms. The van der Waals surface area contributed by atoms with Crippen LogP contribution in [0.1, 0.15) is 31.9 Å². The summed E-state index contributed by atoms with van der Waals surface area (Å²) in [4.78, 5) is 10.2. The van der Waals surface area contributed by atoms with Crippen LogP contribution in [0.4, 0.5) is 5.69 Å². The first-order valence-corrected chi connectivity index (χ1v) is 16.3. The van der Waals surface area contributed by atoms with E-state index >= 15 is 0 Å². The van der Waals surface area contributed by atoms with Gasteiger partial charge in [0, 0.05) is 33.7 Å². The van der Waals surface area contributed by atoms with Crippen LogP contribution in [0, 0.1) is 0 Å². The zero-order valence-corrected chi connectivity index (χ0v) is 27.0. The van der Waals surface area contributed by atoms with E-state index in [0.717, 1.165) is 66.5 Å². The lowest BCUT2D eigenvalue weighted by atomic mass is 9.85. The number of furan rings is 1. The minimum Gasteiger partial charge on any atom is -0.455 e. The molecule has 2 aromatic heterocycles. The first-order chi connectivity index (χ1) is 23.4. The van der Waals surface area contributed by atoms with E-state index in [9.17, 15) is 0 Å². The van der Waals surface area contributed by atoms with Gasteiger partial charge in [-0.05, 0) is 68.9 Å². The molecule has 0 saturated carbocycles. The molecule has 48 heavy (non-hydrogen) atoms. The molecule has 0 saturated heterocycles. The molecule has 0 atom stereocenters. The molecule has 0 aliphatic heterocycles. The average molecular weight is 621 g/mol. The number of benzene rings is 7. The summed E-state index contributed by atoms with van der Waals surface area (Å²) in [5, 5.41) is 6.99. The maximum atomic E-state index is 6.63. The summed E-state index contributed by atoms with van der Waals surface area (Å²) in [7, 11) is 0. The summed E-state index contributed by atoms with van der Waals surface area (Å²) in [6.07, 6.45) is 1.96. The second kappa shape index (κ2) is 10.8. The van der Waals surface area contributed by atoms with Gasteiger partial charge in [-0.2, -0.15) is 0 Å². The Bertz CT molecular complexity index is 2720. The lowest BCUT2D eigenvalue weighted by Gasteiger charge is -2.20. The van der Waals surface area contributed by atoms with Crippen LogP contribution in [-0.4, -0.2) is 11.2 Å². The molecule has 0 fully saturated rings. The number of fused-ring (bicyclic) bond motifs is 7. The minimum absolute atomic E-state index is 0.109. The van der Waals surface area contributed by atoms with E-state index in [2.05, 4.69) is 118 Å². The summed E-state index contributed by atoms with van der Waals surface area (Å²) >= 11 is 0. The van der Waals surface area contributed by atoms with Gasteiger partial charge >= 0.3 is 0 Å². The SMILES string of the molecule is CC(C)(C)c1cc(-c2cccc3c2oc2ccccc23)c2nc(-c3ccccc3N=Cc3cc4ccccc4c4ccccc34)oc2c1. The number of aliphatic imine (C=N–C) groups is 1. The van der Waals surface area contributed by atoms with Crippen molar-refractivity contribution >= 4 is 66.5 Å². The first kappa shape index (κ1) is 28.2. The van der Waals surface area contributed by atoms with Crippen LogP contribution in [0.15, 0.2) is 147 Å². The molecule has 7 aromatic carbocycles. The molecule has 0 spiro atoms. The van der Waals surface area contributed by atoms with Crippen molar-refractivity contribution in [3.8, 4) is 22.6 Å². The standard InChI is InChI=1S/C44H32N2O2/c1-44(2,3)29-24-37(35-20-12-19-34-33-17-9-11-22-39(33)47-42(34)35)41-40(25-29)48-43(46-41)36-18-8-10-21-38(36)45-26-28-23-27-13-4-5-14-30(27)32-16-7-6-15-31(28)32/h4-26H,1-3H3. The molecule has 2 heterocycles. The van der Waals surface area contributed by atoms with Gasteiger partial charge in [0.1, 0.15) is 16.7 Å². The van der Waals surface area contributed by atoms with Crippen LogP contribution < -0.4 is 0 Å². The highest BCUT2D eigenvalue weighted by Crippen LogP contribution is 2.42. The van der Waals surface area contributed by atoms with Gasteiger partial charge in [0.05, 0.1) is 11.3 Å². The Morgan fingerprint density at radius 1 is 0.562 bits per heavy atom. The van der Waals surface area contributed by atoms with Gasteiger partial charge in [0.2, 0.25) is 5.89 Å². The van der Waals surface area contributed by atoms with Crippen LogP contribution in [0.3, 0.4) is 0 Å². The van der Waals surface area contributed by atoms with E-state index in [4.69, 9.17) is 18.8 Å². The third-order valence-corrected chi connectivity index (χ3v) is 9.33. The number of hydrogen-bond acceptors (Lipinski definition) is 4. The number of hydrogen-bond donors (Lipinski definition) is 0. The summed E-state index contributed by atoms with van der Waals surface area (Å²) < 4.78 is 13.1. The largest absolute Gasteiger partial charge is 0.455 e. The molecule has 0 N–H and O–H groups in total. The number of rotatable bonds is 4. The summed E-state index contributed by atoms with van der Waals surface area (Å²) in [6, 6.07) is 46.2. The Balaban J connectivity index is 1.21. The third kappa shape index (κ3) is 4.60. The fourth-order valence-corrected chi connectivity index (χ4v) is 6.84. The summed E-state index contributed by atoms with van der Waals surface area (Å²) in [5.41, 5.74) is 8.97. The second-order valence-corrected chi connectivity index (χ2v) is 13.4. The van der Waals surface area contributed by atoms with Gasteiger partial charge in [-0.3, -0.25) is 4.99 Å². The van der Waals surface area contributed by atoms with Gasteiger partial charge in [-0.1, -0.05) is 118 Å². The van der Waals surface area contributed by atoms with Crippen LogP contribution in [-0.2, 0) is 5.41 Å². The zero-order chi connectivity index (χ0) is 32.4. The summed E-state index contributed by atoms with van der Waals surface area (Å²) in [5.74, 6) is 0.533. The Morgan fingerprint density at radius 3 is 2.10 bits per heavy atom. The van der Waals surface area contributed by atoms with Crippen molar-refractivity contribution in [3.05, 3.63) is 145 Å². The van der Waals surface area contributed by atoms with Crippen molar-refractivity contribution < 1.29 is 8.83 Å². The highest BCUT2D eigenvalue weighted by atomic mass is 16.3. The molecule has 0 aliphatic rings. The van der Waals surface area contributed by atoms with Crippen molar-refractivity contribution in [2.75, 3.05) is 0 Å². The van der Waals surface area contributed by atoms with Gasteiger partial charge in [-0.25, -0.2) is 4.98 Å². The molecule has 9 aromatic rings. The van der Waals surface area contributed by atoms with Crippen molar-refractivity contribution in [3.63, 3.8) is 0 Å². The Morgan fingerprint density at radius 2 is 1.25 bits per heavy atom. The number of oxazole rings is 1. The van der Waals surface area contributed by atoms with E-state index in [1.165, 1.54) is 21.5 Å². The Labute approximate surface area is 278 Å². The molecule has 0 amide bonds. The number of aromatic nitrogens is 1. The van der Waals surface area contributed by atoms with Crippen LogP contribution in [0.5, 0.6) is 0 Å². The van der Waals surface area contributed by atoms with Gasteiger partial charge in [0.25, 0.3) is 0 Å². The van der Waals surface area contributed by atoms with Crippen molar-refractivity contribution in [1.29, 1.82) is 0 Å². The van der Waals surface area contributed by atoms with Crippen molar-refractivity contribution in [2.45, 2.75) is 26.2 Å². The lowest BCUT2D eigenvalue weighted by molar-refractivity contribution is 0.584. The molecule has 0 unspecified atom stereocenters. The van der Waals surface area contributed by atoms with E-state index < -0.39 is 0 Å². The van der Waals surface area contributed by atoms with E-state index in [-0.39, 0.29) is 5.41 Å². The Hall–Kier alpha value is -6.00. The van der Waals surface area contributed by atoms with E-state index in [1.54, 1.807) is 0 Å². The first-order valence-electron chi connectivity index (χ1n) is 16.3. The van der Waals surface area contributed by atoms with Crippen LogP contribution >= 0.6 is 0 Å². The smallest absolute Gasteiger partial charge is 0.229 e. The fraction of sp³-hybridized carbons (Fsp3) is 0.0909. The number of nitrogens with zero attached hydrogens (tertiary/aromatic N) is 2. The molecule has 4 nitrogen and oxygen atoms in total. The fourth-order valence-electron chi connectivity index (χ4n) is 6.84. The third-order valence-electron chi connectivity index (χ3n) is 9.33. The molecule has 0 bridgehead atoms.